The molecule has 0 amide bonds. The summed E-state index contributed by atoms with van der Waals surface area (Å²) < 4.78 is 0. The van der Waals surface area contributed by atoms with Crippen LogP contribution in [0, 0.1) is 19.3 Å². The zero-order valence-electron chi connectivity index (χ0n) is 9.57. The fourth-order valence-electron chi connectivity index (χ4n) is 2.54. The van der Waals surface area contributed by atoms with Crippen molar-refractivity contribution in [1.29, 1.82) is 0 Å². The average Bonchev–Trinajstić information content (AvgIpc) is 2.54. The van der Waals surface area contributed by atoms with Crippen LogP contribution < -0.4 is 5.32 Å². The van der Waals surface area contributed by atoms with Crippen LogP contribution in [0.2, 0.25) is 0 Å². The number of aromatic nitrogens is 1. The van der Waals surface area contributed by atoms with Crippen molar-refractivity contribution < 1.29 is 0 Å². The Balaban J connectivity index is 2.35. The van der Waals surface area contributed by atoms with E-state index in [4.69, 9.17) is 0 Å². The van der Waals surface area contributed by atoms with Crippen LogP contribution in [0.4, 0.5) is 0 Å². The Labute approximate surface area is 86.1 Å². The molecule has 0 radical (unpaired) electrons. The van der Waals surface area contributed by atoms with Gasteiger partial charge in [-0.15, -0.1) is 0 Å². The Kier molecular flexibility index (Phi) is 2.18. The number of rotatable bonds is 1. The molecule has 0 aliphatic carbocycles. The number of hydrogen-bond donors (Lipinski definition) is 2. The van der Waals surface area contributed by atoms with E-state index in [9.17, 15) is 0 Å². The van der Waals surface area contributed by atoms with Gasteiger partial charge in [-0.25, -0.2) is 0 Å². The highest BCUT2D eigenvalue weighted by Crippen LogP contribution is 2.41. The molecule has 1 aromatic rings. The second-order valence-electron chi connectivity index (χ2n) is 5.16. The smallest absolute Gasteiger partial charge is 0.0390 e. The van der Waals surface area contributed by atoms with Gasteiger partial charge in [0.2, 0.25) is 0 Å². The first-order valence-corrected chi connectivity index (χ1v) is 5.40. The van der Waals surface area contributed by atoms with Crippen LogP contribution >= 0.6 is 0 Å². The van der Waals surface area contributed by atoms with Gasteiger partial charge in [-0.05, 0) is 43.9 Å². The summed E-state index contributed by atoms with van der Waals surface area (Å²) in [6.07, 6.45) is 1.27. The van der Waals surface area contributed by atoms with Gasteiger partial charge in [0.1, 0.15) is 0 Å². The van der Waals surface area contributed by atoms with Crippen LogP contribution in [0.3, 0.4) is 0 Å². The minimum Gasteiger partial charge on any atom is -0.362 e. The molecule has 1 unspecified atom stereocenters. The van der Waals surface area contributed by atoms with E-state index in [0.29, 0.717) is 11.5 Å². The second kappa shape index (κ2) is 3.13. The van der Waals surface area contributed by atoms with Gasteiger partial charge in [-0.3, -0.25) is 0 Å². The molecular weight excluding hydrogens is 172 g/mol. The molecule has 2 heteroatoms. The fourth-order valence-corrected chi connectivity index (χ4v) is 2.54. The second-order valence-corrected chi connectivity index (χ2v) is 5.16. The highest BCUT2D eigenvalue weighted by atomic mass is 15.0. The van der Waals surface area contributed by atoms with Gasteiger partial charge < -0.3 is 10.3 Å². The summed E-state index contributed by atoms with van der Waals surface area (Å²) in [4.78, 5) is 3.38. The third-order valence-corrected chi connectivity index (χ3v) is 3.40. The quantitative estimate of drug-likeness (QED) is 0.703. The van der Waals surface area contributed by atoms with E-state index in [1.54, 1.807) is 0 Å². The van der Waals surface area contributed by atoms with Crippen molar-refractivity contribution in [1.82, 2.24) is 10.3 Å². The summed E-state index contributed by atoms with van der Waals surface area (Å²) in [7, 11) is 0. The van der Waals surface area contributed by atoms with Crippen LogP contribution in [0.15, 0.2) is 6.07 Å². The molecule has 2 N–H and O–H groups in total. The molecule has 1 aliphatic heterocycles. The Morgan fingerprint density at radius 2 is 2.07 bits per heavy atom. The predicted octanol–water partition coefficient (Wildman–Crippen LogP) is 2.69. The minimum atomic E-state index is 0.388. The monoisotopic (exact) mass is 192 g/mol. The van der Waals surface area contributed by atoms with Crippen molar-refractivity contribution in [3.05, 3.63) is 23.0 Å². The zero-order chi connectivity index (χ0) is 10.3. The van der Waals surface area contributed by atoms with Crippen molar-refractivity contribution in [2.24, 2.45) is 5.41 Å². The van der Waals surface area contributed by atoms with Crippen molar-refractivity contribution in [3.63, 3.8) is 0 Å². The number of hydrogen-bond acceptors (Lipinski definition) is 1. The maximum atomic E-state index is 3.60. The molecule has 78 valence electrons. The van der Waals surface area contributed by atoms with Crippen LogP contribution in [-0.4, -0.2) is 11.5 Å². The molecule has 1 aliphatic rings. The molecule has 1 aromatic heterocycles. The van der Waals surface area contributed by atoms with E-state index in [1.165, 1.54) is 23.4 Å². The van der Waals surface area contributed by atoms with Crippen molar-refractivity contribution in [3.8, 4) is 0 Å². The summed E-state index contributed by atoms with van der Waals surface area (Å²) in [5, 5.41) is 3.60. The van der Waals surface area contributed by atoms with Crippen LogP contribution in [0.1, 0.15) is 43.3 Å². The molecule has 0 saturated carbocycles. The van der Waals surface area contributed by atoms with Crippen molar-refractivity contribution in [2.45, 2.75) is 40.2 Å². The number of aryl methyl sites for hydroxylation is 2. The Hall–Kier alpha value is -0.760. The van der Waals surface area contributed by atoms with Gasteiger partial charge in [-0.1, -0.05) is 13.8 Å². The van der Waals surface area contributed by atoms with Gasteiger partial charge >= 0.3 is 0 Å². The summed E-state index contributed by atoms with van der Waals surface area (Å²) in [5.74, 6) is 0. The summed E-state index contributed by atoms with van der Waals surface area (Å²) >= 11 is 0. The maximum absolute atomic E-state index is 3.60. The maximum Gasteiger partial charge on any atom is 0.0390 e. The zero-order valence-corrected chi connectivity index (χ0v) is 9.57. The van der Waals surface area contributed by atoms with Crippen molar-refractivity contribution >= 4 is 0 Å². The van der Waals surface area contributed by atoms with E-state index in [0.717, 1.165) is 6.54 Å². The first-order valence-electron chi connectivity index (χ1n) is 5.40. The van der Waals surface area contributed by atoms with Crippen molar-refractivity contribution in [2.75, 3.05) is 6.54 Å². The highest BCUT2D eigenvalue weighted by molar-refractivity contribution is 5.30. The molecule has 14 heavy (non-hydrogen) atoms. The molecule has 2 rings (SSSR count). The lowest BCUT2D eigenvalue weighted by molar-refractivity contribution is 0.319. The predicted molar refractivity (Wildman–Crippen MR) is 59.4 cm³/mol. The molecule has 1 atom stereocenters. The van der Waals surface area contributed by atoms with E-state index in [-0.39, 0.29) is 0 Å². The third-order valence-electron chi connectivity index (χ3n) is 3.40. The molecule has 0 spiro atoms. The van der Waals surface area contributed by atoms with Gasteiger partial charge in [0.15, 0.2) is 0 Å². The fraction of sp³-hybridized carbons (Fsp3) is 0.667. The van der Waals surface area contributed by atoms with E-state index in [1.807, 2.05) is 0 Å². The first-order chi connectivity index (χ1) is 6.50. The Bertz CT molecular complexity index is 336. The summed E-state index contributed by atoms with van der Waals surface area (Å²) in [5.41, 5.74) is 4.42. The first kappa shape index (κ1) is 9.78. The molecule has 1 saturated heterocycles. The van der Waals surface area contributed by atoms with E-state index >= 15 is 0 Å². The van der Waals surface area contributed by atoms with Crippen LogP contribution in [0.5, 0.6) is 0 Å². The lowest BCUT2D eigenvalue weighted by Gasteiger charge is -2.26. The van der Waals surface area contributed by atoms with Crippen LogP contribution in [0.25, 0.3) is 0 Å². The number of aromatic amines is 1. The molecular formula is C12H20N2. The minimum absolute atomic E-state index is 0.388. The highest BCUT2D eigenvalue weighted by Gasteiger charge is 2.36. The summed E-state index contributed by atoms with van der Waals surface area (Å²) in [6.45, 7) is 10.1. The normalized spacial score (nSPS) is 25.6. The number of nitrogens with one attached hydrogen (secondary N) is 2. The van der Waals surface area contributed by atoms with E-state index < -0.39 is 0 Å². The van der Waals surface area contributed by atoms with Gasteiger partial charge in [0.25, 0.3) is 0 Å². The van der Waals surface area contributed by atoms with Gasteiger partial charge in [0.05, 0.1) is 0 Å². The topological polar surface area (TPSA) is 27.8 Å². The Morgan fingerprint density at radius 1 is 1.36 bits per heavy atom. The standard InChI is InChI=1S/C12H20N2/c1-8-7-10(9(2)14-8)11-12(3,4)5-6-13-11/h7,11,13-14H,5-6H2,1-4H3. The number of H-pyrrole nitrogens is 1. The largest absolute Gasteiger partial charge is 0.362 e. The van der Waals surface area contributed by atoms with Gasteiger partial charge in [-0.2, -0.15) is 0 Å². The molecule has 1 fully saturated rings. The SMILES string of the molecule is Cc1cc(C2NCCC2(C)C)c(C)[nH]1. The molecule has 0 aromatic carbocycles. The lowest BCUT2D eigenvalue weighted by Crippen LogP contribution is -2.23. The molecule has 0 bridgehead atoms. The van der Waals surface area contributed by atoms with Crippen LogP contribution in [-0.2, 0) is 0 Å². The Morgan fingerprint density at radius 3 is 2.50 bits per heavy atom. The molecule has 2 nitrogen and oxygen atoms in total. The van der Waals surface area contributed by atoms with E-state index in [2.05, 4.69) is 44.1 Å². The third kappa shape index (κ3) is 1.48. The molecule has 2 heterocycles. The summed E-state index contributed by atoms with van der Waals surface area (Å²) in [6, 6.07) is 2.80. The van der Waals surface area contributed by atoms with Gasteiger partial charge in [0, 0.05) is 17.4 Å². The lowest BCUT2D eigenvalue weighted by atomic mass is 9.81. The average molecular weight is 192 g/mol.